The number of nitrogens with one attached hydrogen (secondary N) is 1. The van der Waals surface area contributed by atoms with Crippen LogP contribution < -0.4 is 10.1 Å². The van der Waals surface area contributed by atoms with Crippen molar-refractivity contribution in [2.24, 2.45) is 0 Å². The number of rotatable bonds is 7. The van der Waals surface area contributed by atoms with Crippen molar-refractivity contribution in [3.05, 3.63) is 53.1 Å². The molecule has 0 heterocycles. The molecule has 0 aromatic heterocycles. The second-order valence-electron chi connectivity index (χ2n) is 5.82. The molecular weight excluding hydrogens is 376 g/mol. The van der Waals surface area contributed by atoms with Crippen molar-refractivity contribution in [3.8, 4) is 5.75 Å². The van der Waals surface area contributed by atoms with E-state index in [1.54, 1.807) is 12.1 Å². The number of hydrogen-bond acceptors (Lipinski definition) is 4. The maximum absolute atomic E-state index is 12.3. The van der Waals surface area contributed by atoms with Crippen LogP contribution in [-0.2, 0) is 21.2 Å². The van der Waals surface area contributed by atoms with Crippen molar-refractivity contribution < 1.29 is 17.9 Å². The van der Waals surface area contributed by atoms with Gasteiger partial charge < -0.3 is 10.1 Å². The lowest BCUT2D eigenvalue weighted by molar-refractivity contribution is -0.116. The van der Waals surface area contributed by atoms with Gasteiger partial charge in [-0.3, -0.25) is 4.79 Å². The molecule has 1 N–H and O–H groups in total. The van der Waals surface area contributed by atoms with Gasteiger partial charge in [-0.15, -0.1) is 0 Å². The molecule has 0 saturated heterocycles. The molecule has 140 valence electrons. The van der Waals surface area contributed by atoms with Crippen molar-refractivity contribution in [1.82, 2.24) is 4.31 Å². The molecule has 2 aromatic carbocycles. The molecule has 0 aliphatic heterocycles. The molecule has 0 aliphatic rings. The van der Waals surface area contributed by atoms with Gasteiger partial charge in [-0.25, -0.2) is 12.7 Å². The molecule has 0 spiro atoms. The summed E-state index contributed by atoms with van der Waals surface area (Å²) >= 11 is 5.84. The fourth-order valence-electron chi connectivity index (χ4n) is 2.28. The van der Waals surface area contributed by atoms with Gasteiger partial charge in [-0.1, -0.05) is 23.7 Å². The Kier molecular flexibility index (Phi) is 6.63. The number of hydrogen-bond donors (Lipinski definition) is 1. The van der Waals surface area contributed by atoms with E-state index in [1.165, 1.54) is 39.4 Å². The van der Waals surface area contributed by atoms with Crippen molar-refractivity contribution in [2.75, 3.05) is 26.5 Å². The van der Waals surface area contributed by atoms with Gasteiger partial charge in [0, 0.05) is 25.5 Å². The maximum atomic E-state index is 12.3. The molecule has 0 saturated carbocycles. The van der Waals surface area contributed by atoms with Crippen LogP contribution in [0.1, 0.15) is 12.0 Å². The van der Waals surface area contributed by atoms with E-state index >= 15 is 0 Å². The molecule has 1 amide bonds. The van der Waals surface area contributed by atoms with Crippen LogP contribution in [0.2, 0.25) is 5.02 Å². The Morgan fingerprint density at radius 1 is 1.15 bits per heavy atom. The molecule has 0 fully saturated rings. The van der Waals surface area contributed by atoms with E-state index in [4.69, 9.17) is 16.3 Å². The maximum Gasteiger partial charge on any atom is 0.242 e. The van der Waals surface area contributed by atoms with Gasteiger partial charge in [0.05, 0.1) is 17.7 Å². The fraction of sp³-hybridized carbons (Fsp3) is 0.278. The van der Waals surface area contributed by atoms with E-state index in [1.807, 2.05) is 12.1 Å². The third-order valence-electron chi connectivity index (χ3n) is 3.78. The van der Waals surface area contributed by atoms with Crippen LogP contribution >= 0.6 is 11.6 Å². The van der Waals surface area contributed by atoms with Gasteiger partial charge in [-0.05, 0) is 42.3 Å². The smallest absolute Gasteiger partial charge is 0.242 e. The van der Waals surface area contributed by atoms with Gasteiger partial charge >= 0.3 is 0 Å². The Morgan fingerprint density at radius 2 is 1.81 bits per heavy atom. The van der Waals surface area contributed by atoms with E-state index < -0.39 is 10.0 Å². The predicted molar refractivity (Wildman–Crippen MR) is 102 cm³/mol. The highest BCUT2D eigenvalue weighted by atomic mass is 35.5. The first-order valence-corrected chi connectivity index (χ1v) is 9.70. The van der Waals surface area contributed by atoms with E-state index in [-0.39, 0.29) is 17.2 Å². The van der Waals surface area contributed by atoms with Gasteiger partial charge in [0.1, 0.15) is 5.75 Å². The number of anilines is 1. The Morgan fingerprint density at radius 3 is 2.38 bits per heavy atom. The summed E-state index contributed by atoms with van der Waals surface area (Å²) in [5.41, 5.74) is 1.30. The molecule has 0 aliphatic carbocycles. The summed E-state index contributed by atoms with van der Waals surface area (Å²) < 4.78 is 30.9. The average Bonchev–Trinajstić information content (AvgIpc) is 2.61. The van der Waals surface area contributed by atoms with Crippen LogP contribution in [0.3, 0.4) is 0 Å². The third kappa shape index (κ3) is 4.97. The van der Waals surface area contributed by atoms with Crippen molar-refractivity contribution in [3.63, 3.8) is 0 Å². The lowest BCUT2D eigenvalue weighted by atomic mass is 10.1. The monoisotopic (exact) mass is 396 g/mol. The Balaban J connectivity index is 2.13. The summed E-state index contributed by atoms with van der Waals surface area (Å²) in [7, 11) is 0.748. The van der Waals surface area contributed by atoms with Crippen molar-refractivity contribution in [2.45, 2.75) is 17.7 Å². The standard InChI is InChI=1S/C18H21ClN2O4S/c1-21(2)26(23,24)15-9-10-17(25-3)16(12-15)20-18(22)11-6-13-4-7-14(19)8-5-13/h4-5,7-10,12H,6,11H2,1-3H3,(H,20,22). The Bertz CT molecular complexity index is 881. The number of methoxy groups -OCH3 is 1. The number of ether oxygens (including phenoxy) is 1. The number of carbonyl (C=O) groups is 1. The number of halogens is 1. The summed E-state index contributed by atoms with van der Waals surface area (Å²) in [6, 6.07) is 11.6. The van der Waals surface area contributed by atoms with E-state index in [0.29, 0.717) is 22.9 Å². The summed E-state index contributed by atoms with van der Waals surface area (Å²) in [5.74, 6) is 0.153. The molecule has 0 unspecified atom stereocenters. The fourth-order valence-corrected chi connectivity index (χ4v) is 3.33. The van der Waals surface area contributed by atoms with Crippen LogP contribution in [0.5, 0.6) is 5.75 Å². The van der Waals surface area contributed by atoms with Crippen LogP contribution in [0.15, 0.2) is 47.4 Å². The number of sulfonamides is 1. The number of nitrogens with zero attached hydrogens (tertiary/aromatic N) is 1. The van der Waals surface area contributed by atoms with Gasteiger partial charge in [0.25, 0.3) is 0 Å². The first-order chi connectivity index (χ1) is 12.2. The molecule has 0 radical (unpaired) electrons. The largest absolute Gasteiger partial charge is 0.495 e. The summed E-state index contributed by atoms with van der Waals surface area (Å²) in [6.45, 7) is 0. The molecule has 0 bridgehead atoms. The van der Waals surface area contributed by atoms with Gasteiger partial charge in [-0.2, -0.15) is 0 Å². The molecule has 2 aromatic rings. The van der Waals surface area contributed by atoms with Gasteiger partial charge in [0.15, 0.2) is 0 Å². The minimum atomic E-state index is -3.61. The second kappa shape index (κ2) is 8.53. The predicted octanol–water partition coefficient (Wildman–Crippen LogP) is 3.17. The van der Waals surface area contributed by atoms with Crippen LogP contribution in [-0.4, -0.2) is 39.8 Å². The average molecular weight is 397 g/mol. The van der Waals surface area contributed by atoms with E-state index in [2.05, 4.69) is 5.32 Å². The first kappa shape index (κ1) is 20.2. The van der Waals surface area contributed by atoms with Crippen LogP contribution in [0.25, 0.3) is 0 Å². The SMILES string of the molecule is COc1ccc(S(=O)(=O)N(C)C)cc1NC(=O)CCc1ccc(Cl)cc1. The number of benzene rings is 2. The van der Waals surface area contributed by atoms with E-state index in [9.17, 15) is 13.2 Å². The minimum absolute atomic E-state index is 0.0799. The Hall–Kier alpha value is -2.09. The number of aryl methyl sites for hydroxylation is 1. The quantitative estimate of drug-likeness (QED) is 0.779. The zero-order chi connectivity index (χ0) is 19.3. The number of carbonyl (C=O) groups excluding carboxylic acids is 1. The molecule has 2 rings (SSSR count). The lowest BCUT2D eigenvalue weighted by Gasteiger charge is -2.15. The molecule has 8 heteroatoms. The topological polar surface area (TPSA) is 75.7 Å². The first-order valence-electron chi connectivity index (χ1n) is 7.89. The minimum Gasteiger partial charge on any atom is -0.495 e. The van der Waals surface area contributed by atoms with Crippen LogP contribution in [0, 0.1) is 0 Å². The zero-order valence-corrected chi connectivity index (χ0v) is 16.4. The van der Waals surface area contributed by atoms with E-state index in [0.717, 1.165) is 9.87 Å². The highest BCUT2D eigenvalue weighted by molar-refractivity contribution is 7.89. The summed E-state index contributed by atoms with van der Waals surface area (Å²) in [4.78, 5) is 12.3. The second-order valence-corrected chi connectivity index (χ2v) is 8.41. The third-order valence-corrected chi connectivity index (χ3v) is 5.84. The molecule has 6 nitrogen and oxygen atoms in total. The zero-order valence-electron chi connectivity index (χ0n) is 14.8. The summed E-state index contributed by atoms with van der Waals surface area (Å²) in [6.07, 6.45) is 0.788. The lowest BCUT2D eigenvalue weighted by Crippen LogP contribution is -2.22. The van der Waals surface area contributed by atoms with Gasteiger partial charge in [0.2, 0.25) is 15.9 Å². The molecule has 0 atom stereocenters. The van der Waals surface area contributed by atoms with Crippen molar-refractivity contribution in [1.29, 1.82) is 0 Å². The normalized spacial score (nSPS) is 11.4. The number of amides is 1. The summed E-state index contributed by atoms with van der Waals surface area (Å²) in [5, 5.41) is 3.36. The van der Waals surface area contributed by atoms with Crippen molar-refractivity contribution >= 4 is 33.2 Å². The molecule has 26 heavy (non-hydrogen) atoms. The highest BCUT2D eigenvalue weighted by Gasteiger charge is 2.19. The van der Waals surface area contributed by atoms with Crippen LogP contribution in [0.4, 0.5) is 5.69 Å². The Labute approximate surface area is 158 Å². The molecular formula is C18H21ClN2O4S. The highest BCUT2D eigenvalue weighted by Crippen LogP contribution is 2.28.